The largest absolute Gasteiger partial charge is 0.445 e. The van der Waals surface area contributed by atoms with Crippen LogP contribution in [0.1, 0.15) is 42.9 Å². The highest BCUT2D eigenvalue weighted by Gasteiger charge is 2.54. The van der Waals surface area contributed by atoms with Gasteiger partial charge in [0.1, 0.15) is 6.61 Å². The van der Waals surface area contributed by atoms with Gasteiger partial charge in [0.15, 0.2) is 0 Å². The molecule has 2 aromatic rings. The van der Waals surface area contributed by atoms with Crippen molar-refractivity contribution in [1.29, 1.82) is 0 Å². The lowest BCUT2D eigenvalue weighted by Gasteiger charge is -2.40. The fourth-order valence-electron chi connectivity index (χ4n) is 4.75. The van der Waals surface area contributed by atoms with Gasteiger partial charge in [-0.2, -0.15) is 0 Å². The molecular weight excluding hydrogens is 324 g/mol. The Balaban J connectivity index is 1.51. The fraction of sp³-hybridized carbons (Fsp3) is 0.409. The summed E-state index contributed by atoms with van der Waals surface area (Å²) in [5.74, 6) is 0. The zero-order chi connectivity index (χ0) is 18.0. The number of carbonyl (C=O) groups excluding carboxylic acids is 1. The van der Waals surface area contributed by atoms with E-state index in [1.165, 1.54) is 12.8 Å². The maximum absolute atomic E-state index is 12.6. The Morgan fingerprint density at radius 1 is 1.12 bits per heavy atom. The molecule has 0 aliphatic carbocycles. The molecule has 1 amide bonds. The highest BCUT2D eigenvalue weighted by molar-refractivity contribution is 5.68. The number of hydrogen-bond donors (Lipinski definition) is 1. The van der Waals surface area contributed by atoms with Crippen molar-refractivity contribution in [2.45, 2.75) is 49.9 Å². The van der Waals surface area contributed by atoms with Crippen LogP contribution in [0.3, 0.4) is 0 Å². The van der Waals surface area contributed by atoms with Crippen molar-refractivity contribution in [3.8, 4) is 0 Å². The molecule has 4 heteroatoms. The lowest BCUT2D eigenvalue weighted by molar-refractivity contribution is 0.104. The summed E-state index contributed by atoms with van der Waals surface area (Å²) in [4.78, 5) is 15.1. The zero-order valence-corrected chi connectivity index (χ0v) is 15.2. The molecule has 2 aliphatic rings. The van der Waals surface area contributed by atoms with Gasteiger partial charge in [0.05, 0.1) is 6.04 Å². The molecule has 0 aromatic heterocycles. The Labute approximate surface area is 155 Å². The summed E-state index contributed by atoms with van der Waals surface area (Å²) in [5, 5.41) is 3.19. The molecule has 0 unspecified atom stereocenters. The molecule has 4 rings (SSSR count). The SMILES string of the molecule is CN1C2CCC1([C@H](NC(=O)OCc1ccccc1)c1ccccc1)CC2. The van der Waals surface area contributed by atoms with E-state index in [4.69, 9.17) is 4.74 Å². The van der Waals surface area contributed by atoms with Crippen LogP contribution in [0.15, 0.2) is 60.7 Å². The topological polar surface area (TPSA) is 41.6 Å². The van der Waals surface area contributed by atoms with Gasteiger partial charge in [-0.3, -0.25) is 4.90 Å². The molecule has 26 heavy (non-hydrogen) atoms. The Kier molecular flexibility index (Phi) is 4.68. The first-order chi connectivity index (χ1) is 12.7. The second-order valence-corrected chi connectivity index (χ2v) is 7.50. The summed E-state index contributed by atoms with van der Waals surface area (Å²) in [6.45, 7) is 0.291. The van der Waals surface area contributed by atoms with Gasteiger partial charge in [-0.1, -0.05) is 60.7 Å². The van der Waals surface area contributed by atoms with Crippen LogP contribution >= 0.6 is 0 Å². The Hall–Kier alpha value is -2.33. The standard InChI is InChI=1S/C22H26N2O2/c1-24-19-12-14-22(24,15-13-19)20(18-10-6-3-7-11-18)23-21(25)26-16-17-8-4-2-5-9-17/h2-11,19-20H,12-16H2,1H3,(H,23,25)/t19?,20-,22?/m1/s1. The third-order valence-electron chi connectivity index (χ3n) is 6.22. The van der Waals surface area contributed by atoms with E-state index in [-0.39, 0.29) is 17.7 Å². The number of amides is 1. The molecule has 0 radical (unpaired) electrons. The van der Waals surface area contributed by atoms with Crippen LogP contribution in [0, 0.1) is 0 Å². The van der Waals surface area contributed by atoms with E-state index in [1.54, 1.807) is 0 Å². The molecule has 2 heterocycles. The highest BCUT2D eigenvalue weighted by Crippen LogP contribution is 2.51. The van der Waals surface area contributed by atoms with E-state index in [2.05, 4.69) is 29.4 Å². The second kappa shape index (κ2) is 7.12. The molecular formula is C22H26N2O2. The normalized spacial score (nSPS) is 25.8. The number of fused-ring (bicyclic) bond motifs is 2. The van der Waals surface area contributed by atoms with Crippen LogP contribution in [0.5, 0.6) is 0 Å². The minimum atomic E-state index is -0.346. The van der Waals surface area contributed by atoms with Gasteiger partial charge in [-0.25, -0.2) is 4.79 Å². The predicted octanol–water partition coefficient (Wildman–Crippen LogP) is 4.28. The lowest BCUT2D eigenvalue weighted by Crippen LogP contribution is -2.51. The molecule has 2 bridgehead atoms. The molecule has 2 saturated heterocycles. The monoisotopic (exact) mass is 350 g/mol. The van der Waals surface area contributed by atoms with Crippen LogP contribution in [0.2, 0.25) is 0 Å². The number of hydrogen-bond acceptors (Lipinski definition) is 3. The van der Waals surface area contributed by atoms with Gasteiger partial charge < -0.3 is 10.1 Å². The average molecular weight is 350 g/mol. The number of likely N-dealkylation sites (N-methyl/N-ethyl adjacent to an activating group) is 1. The number of nitrogens with one attached hydrogen (secondary N) is 1. The summed E-state index contributed by atoms with van der Waals surface area (Å²) in [7, 11) is 2.21. The van der Waals surface area contributed by atoms with Crippen molar-refractivity contribution < 1.29 is 9.53 Å². The number of benzene rings is 2. The van der Waals surface area contributed by atoms with Crippen LogP contribution in [0.4, 0.5) is 4.79 Å². The van der Waals surface area contributed by atoms with Crippen LogP contribution < -0.4 is 5.32 Å². The summed E-state index contributed by atoms with van der Waals surface area (Å²) >= 11 is 0. The van der Waals surface area contributed by atoms with E-state index < -0.39 is 0 Å². The molecule has 136 valence electrons. The zero-order valence-electron chi connectivity index (χ0n) is 15.2. The van der Waals surface area contributed by atoms with E-state index >= 15 is 0 Å². The van der Waals surface area contributed by atoms with Crippen molar-refractivity contribution in [2.24, 2.45) is 0 Å². The number of carbonyl (C=O) groups is 1. The molecule has 1 atom stereocenters. The lowest BCUT2D eigenvalue weighted by atomic mass is 9.78. The van der Waals surface area contributed by atoms with Gasteiger partial charge in [0.2, 0.25) is 0 Å². The average Bonchev–Trinajstić information content (AvgIpc) is 3.19. The predicted molar refractivity (Wildman–Crippen MR) is 102 cm³/mol. The summed E-state index contributed by atoms with van der Waals surface area (Å²) in [5.41, 5.74) is 2.15. The van der Waals surface area contributed by atoms with Gasteiger partial charge in [-0.15, -0.1) is 0 Å². The third-order valence-corrected chi connectivity index (χ3v) is 6.22. The maximum Gasteiger partial charge on any atom is 0.408 e. The van der Waals surface area contributed by atoms with Crippen molar-refractivity contribution in [3.05, 3.63) is 71.8 Å². The fourth-order valence-corrected chi connectivity index (χ4v) is 4.75. The summed E-state index contributed by atoms with van der Waals surface area (Å²) < 4.78 is 5.51. The molecule has 4 nitrogen and oxygen atoms in total. The van der Waals surface area contributed by atoms with E-state index in [1.807, 2.05) is 48.5 Å². The second-order valence-electron chi connectivity index (χ2n) is 7.50. The van der Waals surface area contributed by atoms with Crippen LogP contribution in [-0.4, -0.2) is 29.6 Å². The maximum atomic E-state index is 12.6. The molecule has 0 spiro atoms. The van der Waals surface area contributed by atoms with Crippen LogP contribution in [-0.2, 0) is 11.3 Å². The highest BCUT2D eigenvalue weighted by atomic mass is 16.5. The minimum Gasteiger partial charge on any atom is -0.445 e. The van der Waals surface area contributed by atoms with E-state index in [0.29, 0.717) is 12.6 Å². The summed E-state index contributed by atoms with van der Waals surface area (Å²) in [6.07, 6.45) is 4.31. The van der Waals surface area contributed by atoms with Crippen molar-refractivity contribution in [2.75, 3.05) is 7.05 Å². The summed E-state index contributed by atoms with van der Waals surface area (Å²) in [6, 6.07) is 20.7. The third kappa shape index (κ3) is 3.10. The number of rotatable bonds is 5. The van der Waals surface area contributed by atoms with E-state index in [0.717, 1.165) is 24.0 Å². The smallest absolute Gasteiger partial charge is 0.408 e. The quantitative estimate of drug-likeness (QED) is 0.875. The number of nitrogens with zero attached hydrogens (tertiary/aromatic N) is 1. The molecule has 2 aromatic carbocycles. The van der Waals surface area contributed by atoms with Crippen LogP contribution in [0.25, 0.3) is 0 Å². The van der Waals surface area contributed by atoms with Crippen molar-refractivity contribution in [1.82, 2.24) is 10.2 Å². The number of alkyl carbamates (subject to hydrolysis) is 1. The first-order valence-electron chi connectivity index (χ1n) is 9.44. The minimum absolute atomic E-state index is 0.00220. The molecule has 0 saturated carbocycles. The molecule has 2 aliphatic heterocycles. The molecule has 2 fully saturated rings. The molecule has 1 N–H and O–H groups in total. The van der Waals surface area contributed by atoms with Gasteiger partial charge in [0.25, 0.3) is 0 Å². The van der Waals surface area contributed by atoms with Crippen molar-refractivity contribution >= 4 is 6.09 Å². The first-order valence-corrected chi connectivity index (χ1v) is 9.44. The van der Waals surface area contributed by atoms with Crippen molar-refractivity contribution in [3.63, 3.8) is 0 Å². The Morgan fingerprint density at radius 2 is 1.73 bits per heavy atom. The Bertz CT molecular complexity index is 739. The van der Waals surface area contributed by atoms with E-state index in [9.17, 15) is 4.79 Å². The van der Waals surface area contributed by atoms with Gasteiger partial charge in [-0.05, 0) is 43.9 Å². The first kappa shape index (κ1) is 17.1. The van der Waals surface area contributed by atoms with Gasteiger partial charge >= 0.3 is 6.09 Å². The Morgan fingerprint density at radius 3 is 2.31 bits per heavy atom. The van der Waals surface area contributed by atoms with Gasteiger partial charge in [0, 0.05) is 11.6 Å². The number of ether oxygens (including phenoxy) is 1.